The van der Waals surface area contributed by atoms with Gasteiger partial charge in [0.25, 0.3) is 5.91 Å². The van der Waals surface area contributed by atoms with Crippen molar-refractivity contribution >= 4 is 15.9 Å². The number of alkyl halides is 1. The minimum atomic E-state index is -3.91. The highest BCUT2D eigenvalue weighted by Gasteiger charge is 2.48. The Morgan fingerprint density at radius 3 is 2.69 bits per heavy atom. The minimum Gasteiger partial charge on any atom is -0.497 e. The quantitative estimate of drug-likeness (QED) is 0.773. The summed E-state index contributed by atoms with van der Waals surface area (Å²) in [4.78, 5) is 14.1. The molecule has 1 atom stereocenters. The van der Waals surface area contributed by atoms with Crippen molar-refractivity contribution in [2.24, 2.45) is 0 Å². The van der Waals surface area contributed by atoms with Crippen LogP contribution in [0.2, 0.25) is 0 Å². The Balaban J connectivity index is 1.81. The molecule has 7 nitrogen and oxygen atoms in total. The highest BCUT2D eigenvalue weighted by molar-refractivity contribution is 7.89. The molecule has 2 aliphatic rings. The largest absolute Gasteiger partial charge is 0.497 e. The lowest BCUT2D eigenvalue weighted by atomic mass is 9.94. The number of nitrogens with zero attached hydrogens (tertiary/aromatic N) is 2. The Morgan fingerprint density at radius 1 is 1.27 bits per heavy atom. The molecule has 0 radical (unpaired) electrons. The summed E-state index contributed by atoms with van der Waals surface area (Å²) < 4.78 is 52.5. The van der Waals surface area contributed by atoms with E-state index < -0.39 is 28.1 Å². The van der Waals surface area contributed by atoms with Gasteiger partial charge >= 0.3 is 0 Å². The van der Waals surface area contributed by atoms with Gasteiger partial charge in [0.15, 0.2) is 0 Å². The van der Waals surface area contributed by atoms with Gasteiger partial charge in [0.1, 0.15) is 5.75 Å². The summed E-state index contributed by atoms with van der Waals surface area (Å²) in [5.74, 6) is -0.245. The molecule has 0 aliphatic carbocycles. The number of amides is 1. The fourth-order valence-electron chi connectivity index (χ4n) is 3.31. The van der Waals surface area contributed by atoms with Gasteiger partial charge in [-0.25, -0.2) is 12.8 Å². The van der Waals surface area contributed by atoms with Crippen LogP contribution in [0.3, 0.4) is 0 Å². The molecular formula is C17H23FN2O5S. The maximum absolute atomic E-state index is 15.4. The van der Waals surface area contributed by atoms with Crippen molar-refractivity contribution in [3.05, 3.63) is 24.3 Å². The van der Waals surface area contributed by atoms with Crippen LogP contribution in [0.5, 0.6) is 5.75 Å². The smallest absolute Gasteiger partial charge is 0.261 e. The summed E-state index contributed by atoms with van der Waals surface area (Å²) in [6.07, 6.45) is 0.309. The molecule has 1 amide bonds. The maximum atomic E-state index is 15.4. The summed E-state index contributed by atoms with van der Waals surface area (Å²) in [6.45, 7) is 1.10. The predicted molar refractivity (Wildman–Crippen MR) is 92.2 cm³/mol. The highest BCUT2D eigenvalue weighted by Crippen LogP contribution is 2.32. The highest BCUT2D eigenvalue weighted by atomic mass is 32.2. The average Bonchev–Trinajstić information content (AvgIpc) is 2.68. The van der Waals surface area contributed by atoms with Crippen LogP contribution in [0.1, 0.15) is 12.8 Å². The molecule has 2 saturated heterocycles. The van der Waals surface area contributed by atoms with E-state index in [2.05, 4.69) is 0 Å². The van der Waals surface area contributed by atoms with Gasteiger partial charge < -0.3 is 14.4 Å². The lowest BCUT2D eigenvalue weighted by molar-refractivity contribution is -0.150. The molecule has 0 bridgehead atoms. The third-order valence-electron chi connectivity index (χ3n) is 4.77. The summed E-state index contributed by atoms with van der Waals surface area (Å²) in [6, 6.07) is 6.04. The molecule has 3 rings (SSSR count). The standard InChI is InChI=1S/C17H23FN2O5S/c1-24-14-4-2-5-15(12-14)26(22,23)20-7-3-6-17(18,13-20)16(21)19-8-10-25-11-9-19/h2,4-5,12H,3,6-11,13H2,1H3. The topological polar surface area (TPSA) is 76.2 Å². The lowest BCUT2D eigenvalue weighted by Gasteiger charge is -2.39. The van der Waals surface area contributed by atoms with Gasteiger partial charge in [-0.05, 0) is 25.0 Å². The number of carbonyl (C=O) groups is 1. The summed E-state index contributed by atoms with van der Waals surface area (Å²) in [5, 5.41) is 0. The lowest BCUT2D eigenvalue weighted by Crippen LogP contribution is -2.58. The molecule has 0 N–H and O–H groups in total. The number of rotatable bonds is 4. The summed E-state index contributed by atoms with van der Waals surface area (Å²) >= 11 is 0. The van der Waals surface area contributed by atoms with Crippen molar-refractivity contribution in [3.8, 4) is 5.75 Å². The van der Waals surface area contributed by atoms with E-state index in [-0.39, 0.29) is 24.3 Å². The number of halogens is 1. The van der Waals surface area contributed by atoms with Gasteiger partial charge in [-0.1, -0.05) is 6.07 Å². The molecular weight excluding hydrogens is 363 g/mol. The Labute approximate surface area is 152 Å². The summed E-state index contributed by atoms with van der Waals surface area (Å²) in [7, 11) is -2.47. The first-order valence-corrected chi connectivity index (χ1v) is 10.0. The monoisotopic (exact) mass is 386 g/mol. The van der Waals surface area contributed by atoms with Crippen molar-refractivity contribution in [2.45, 2.75) is 23.4 Å². The number of hydrogen-bond donors (Lipinski definition) is 0. The molecule has 1 aromatic rings. The molecule has 9 heteroatoms. The third kappa shape index (κ3) is 3.70. The number of methoxy groups -OCH3 is 1. The first-order chi connectivity index (χ1) is 12.4. The van der Waals surface area contributed by atoms with E-state index in [9.17, 15) is 13.2 Å². The van der Waals surface area contributed by atoms with Crippen LogP contribution in [0.15, 0.2) is 29.2 Å². The van der Waals surface area contributed by atoms with Crippen LogP contribution in [0, 0.1) is 0 Å². The fourth-order valence-corrected chi connectivity index (χ4v) is 4.87. The number of benzene rings is 1. The summed E-state index contributed by atoms with van der Waals surface area (Å²) in [5.41, 5.74) is -2.21. The molecule has 26 heavy (non-hydrogen) atoms. The minimum absolute atomic E-state index is 0.0212. The van der Waals surface area contributed by atoms with Crippen LogP contribution in [-0.4, -0.2) is 75.7 Å². The van der Waals surface area contributed by atoms with Gasteiger partial charge in [-0.15, -0.1) is 0 Å². The number of hydrogen-bond acceptors (Lipinski definition) is 5. The van der Waals surface area contributed by atoms with E-state index in [1.165, 1.54) is 24.1 Å². The van der Waals surface area contributed by atoms with Gasteiger partial charge in [0, 0.05) is 25.7 Å². The third-order valence-corrected chi connectivity index (χ3v) is 6.61. The zero-order valence-corrected chi connectivity index (χ0v) is 15.5. The van der Waals surface area contributed by atoms with E-state index in [0.717, 1.165) is 4.31 Å². The Bertz CT molecular complexity index is 766. The van der Waals surface area contributed by atoms with Gasteiger partial charge in [-0.3, -0.25) is 4.79 Å². The number of carbonyl (C=O) groups excluding carboxylic acids is 1. The first-order valence-electron chi connectivity index (χ1n) is 8.57. The molecule has 0 saturated carbocycles. The van der Waals surface area contributed by atoms with Crippen molar-refractivity contribution < 1.29 is 27.1 Å². The van der Waals surface area contributed by atoms with Crippen molar-refractivity contribution in [1.29, 1.82) is 0 Å². The molecule has 0 spiro atoms. The predicted octanol–water partition coefficient (Wildman–Crippen LogP) is 1.05. The van der Waals surface area contributed by atoms with Gasteiger partial charge in [0.2, 0.25) is 15.7 Å². The zero-order valence-electron chi connectivity index (χ0n) is 14.7. The van der Waals surface area contributed by atoms with Gasteiger partial charge in [-0.2, -0.15) is 4.31 Å². The van der Waals surface area contributed by atoms with Crippen molar-refractivity contribution in [2.75, 3.05) is 46.5 Å². The number of morpholine rings is 1. The molecule has 1 aromatic carbocycles. The van der Waals surface area contributed by atoms with Crippen LogP contribution >= 0.6 is 0 Å². The molecule has 2 fully saturated rings. The Hall–Kier alpha value is -1.71. The molecule has 144 valence electrons. The normalized spacial score (nSPS) is 25.1. The van der Waals surface area contributed by atoms with E-state index in [4.69, 9.17) is 9.47 Å². The molecule has 2 heterocycles. The fraction of sp³-hybridized carbons (Fsp3) is 0.588. The van der Waals surface area contributed by atoms with Crippen molar-refractivity contribution in [3.63, 3.8) is 0 Å². The molecule has 1 unspecified atom stereocenters. The van der Waals surface area contributed by atoms with Gasteiger partial charge in [0.05, 0.1) is 31.8 Å². The van der Waals surface area contributed by atoms with E-state index in [1.807, 2.05) is 0 Å². The van der Waals surface area contributed by atoms with E-state index in [0.29, 0.717) is 32.1 Å². The van der Waals surface area contributed by atoms with Crippen LogP contribution in [-0.2, 0) is 19.6 Å². The number of piperidine rings is 1. The van der Waals surface area contributed by atoms with Crippen LogP contribution < -0.4 is 4.74 Å². The van der Waals surface area contributed by atoms with E-state index >= 15 is 4.39 Å². The number of ether oxygens (including phenoxy) is 2. The molecule has 0 aromatic heterocycles. The first kappa shape index (κ1) is 19.1. The maximum Gasteiger partial charge on any atom is 0.261 e. The second kappa shape index (κ2) is 7.50. The van der Waals surface area contributed by atoms with E-state index in [1.54, 1.807) is 12.1 Å². The second-order valence-corrected chi connectivity index (χ2v) is 8.43. The zero-order chi connectivity index (χ0) is 18.8. The van der Waals surface area contributed by atoms with Crippen LogP contribution in [0.4, 0.5) is 4.39 Å². The SMILES string of the molecule is COc1cccc(S(=O)(=O)N2CCCC(F)(C(=O)N3CCOCC3)C2)c1. The van der Waals surface area contributed by atoms with Crippen molar-refractivity contribution in [1.82, 2.24) is 9.21 Å². The number of sulfonamides is 1. The second-order valence-electron chi connectivity index (χ2n) is 6.49. The average molecular weight is 386 g/mol. The Morgan fingerprint density at radius 2 is 2.00 bits per heavy atom. The van der Waals surface area contributed by atoms with Crippen LogP contribution in [0.25, 0.3) is 0 Å². The Kier molecular flexibility index (Phi) is 5.50. The molecule has 2 aliphatic heterocycles.